The summed E-state index contributed by atoms with van der Waals surface area (Å²) in [7, 11) is 1.99. The highest BCUT2D eigenvalue weighted by Crippen LogP contribution is 2.22. The van der Waals surface area contributed by atoms with E-state index in [1.54, 1.807) is 0 Å². The molecular weight excluding hydrogens is 324 g/mol. The summed E-state index contributed by atoms with van der Waals surface area (Å²) in [6.07, 6.45) is 0. The van der Waals surface area contributed by atoms with Gasteiger partial charge in [-0.25, -0.2) is 0 Å². The van der Waals surface area contributed by atoms with Crippen molar-refractivity contribution in [3.63, 3.8) is 0 Å². The molecule has 0 aliphatic rings. The van der Waals surface area contributed by atoms with Crippen LogP contribution in [0, 0.1) is 6.92 Å². The molecule has 24 heavy (non-hydrogen) atoms. The van der Waals surface area contributed by atoms with Gasteiger partial charge in [0.1, 0.15) is 12.3 Å². The Bertz CT molecular complexity index is 686. The van der Waals surface area contributed by atoms with E-state index in [1.807, 2.05) is 63.4 Å². The number of nitrogens with one attached hydrogen (secondary N) is 2. The molecule has 0 saturated heterocycles. The van der Waals surface area contributed by atoms with Crippen LogP contribution in [0.2, 0.25) is 5.02 Å². The highest BCUT2D eigenvalue weighted by atomic mass is 35.5. The van der Waals surface area contributed by atoms with E-state index in [0.717, 1.165) is 28.3 Å². The minimum Gasteiger partial charge on any atom is -0.494 e. The Kier molecular flexibility index (Phi) is 6.64. The number of ether oxygens (including phenoxy) is 1. The fourth-order valence-electron chi connectivity index (χ4n) is 2.47. The average molecular weight is 348 g/mol. The lowest BCUT2D eigenvalue weighted by atomic mass is 10.2. The number of amides is 1. The Morgan fingerprint density at radius 1 is 1.21 bits per heavy atom. The van der Waals surface area contributed by atoms with Gasteiger partial charge in [0.15, 0.2) is 6.54 Å². The molecule has 0 aromatic heterocycles. The van der Waals surface area contributed by atoms with E-state index >= 15 is 0 Å². The number of carbonyl (C=O) groups is 1. The Morgan fingerprint density at radius 3 is 2.54 bits per heavy atom. The van der Waals surface area contributed by atoms with E-state index in [4.69, 9.17) is 16.3 Å². The Labute approximate surface area is 148 Å². The second kappa shape index (κ2) is 8.71. The molecule has 128 valence electrons. The van der Waals surface area contributed by atoms with Gasteiger partial charge in [-0.1, -0.05) is 17.7 Å². The molecule has 2 rings (SSSR count). The number of quaternary nitrogens is 1. The smallest absolute Gasteiger partial charge is 0.279 e. The Hall–Kier alpha value is -2.04. The largest absolute Gasteiger partial charge is 0.494 e. The van der Waals surface area contributed by atoms with Crippen LogP contribution in [0.25, 0.3) is 0 Å². The molecule has 2 N–H and O–H groups in total. The average Bonchev–Trinajstić information content (AvgIpc) is 2.52. The first-order valence-electron chi connectivity index (χ1n) is 8.07. The zero-order valence-electron chi connectivity index (χ0n) is 14.4. The van der Waals surface area contributed by atoms with Gasteiger partial charge in [0, 0.05) is 5.56 Å². The molecule has 0 fully saturated rings. The van der Waals surface area contributed by atoms with Crippen LogP contribution in [-0.4, -0.2) is 26.1 Å². The number of aryl methyl sites for hydroxylation is 1. The molecule has 0 radical (unpaired) electrons. The fourth-order valence-corrected chi connectivity index (χ4v) is 2.75. The highest BCUT2D eigenvalue weighted by Gasteiger charge is 2.12. The quantitative estimate of drug-likeness (QED) is 0.808. The predicted octanol–water partition coefficient (Wildman–Crippen LogP) is 2.70. The zero-order chi connectivity index (χ0) is 17.5. The van der Waals surface area contributed by atoms with Gasteiger partial charge in [-0.3, -0.25) is 4.79 Å². The molecule has 2 aromatic carbocycles. The summed E-state index contributed by atoms with van der Waals surface area (Å²) in [5.41, 5.74) is 2.88. The number of benzene rings is 2. The van der Waals surface area contributed by atoms with Crippen molar-refractivity contribution in [1.82, 2.24) is 0 Å². The number of carbonyl (C=O) groups excluding carboxylic acids is 1. The van der Waals surface area contributed by atoms with Gasteiger partial charge >= 0.3 is 0 Å². The highest BCUT2D eigenvalue weighted by molar-refractivity contribution is 6.33. The first-order valence-corrected chi connectivity index (χ1v) is 8.44. The minimum absolute atomic E-state index is 0.0517. The van der Waals surface area contributed by atoms with Crippen LogP contribution < -0.4 is 15.0 Å². The Balaban J connectivity index is 1.86. The lowest BCUT2D eigenvalue weighted by molar-refractivity contribution is -0.885. The van der Waals surface area contributed by atoms with Crippen molar-refractivity contribution in [2.24, 2.45) is 0 Å². The monoisotopic (exact) mass is 347 g/mol. The molecule has 0 aliphatic carbocycles. The van der Waals surface area contributed by atoms with Gasteiger partial charge < -0.3 is 15.0 Å². The number of hydrogen-bond donors (Lipinski definition) is 2. The van der Waals surface area contributed by atoms with Crippen LogP contribution in [0.4, 0.5) is 5.69 Å². The van der Waals surface area contributed by atoms with Crippen LogP contribution in [-0.2, 0) is 11.3 Å². The van der Waals surface area contributed by atoms with Gasteiger partial charge in [-0.05, 0) is 55.8 Å². The Morgan fingerprint density at radius 2 is 1.92 bits per heavy atom. The van der Waals surface area contributed by atoms with E-state index < -0.39 is 0 Å². The van der Waals surface area contributed by atoms with Crippen LogP contribution in [0.3, 0.4) is 0 Å². The maximum absolute atomic E-state index is 12.2. The van der Waals surface area contributed by atoms with E-state index in [0.29, 0.717) is 23.9 Å². The molecule has 0 spiro atoms. The summed E-state index contributed by atoms with van der Waals surface area (Å²) in [6.45, 7) is 5.72. The van der Waals surface area contributed by atoms with E-state index in [2.05, 4.69) is 5.32 Å². The third kappa shape index (κ3) is 5.55. The first-order chi connectivity index (χ1) is 11.5. The maximum atomic E-state index is 12.2. The van der Waals surface area contributed by atoms with E-state index in [1.165, 1.54) is 0 Å². The zero-order valence-corrected chi connectivity index (χ0v) is 15.1. The second-order valence-electron chi connectivity index (χ2n) is 5.92. The first kappa shape index (κ1) is 18.3. The number of anilines is 1. The van der Waals surface area contributed by atoms with Crippen molar-refractivity contribution in [2.75, 3.05) is 25.5 Å². The molecule has 0 bridgehead atoms. The topological polar surface area (TPSA) is 42.8 Å². The van der Waals surface area contributed by atoms with Gasteiger partial charge in [0.25, 0.3) is 5.91 Å². The van der Waals surface area contributed by atoms with Crippen molar-refractivity contribution in [3.8, 4) is 5.75 Å². The van der Waals surface area contributed by atoms with Gasteiger partial charge in [0.2, 0.25) is 0 Å². The van der Waals surface area contributed by atoms with Crippen molar-refractivity contribution >= 4 is 23.2 Å². The fraction of sp³-hybridized carbons (Fsp3) is 0.316. The van der Waals surface area contributed by atoms with Crippen LogP contribution in [0.15, 0.2) is 42.5 Å². The molecule has 1 amide bonds. The summed E-state index contributed by atoms with van der Waals surface area (Å²) >= 11 is 6.15. The summed E-state index contributed by atoms with van der Waals surface area (Å²) in [6, 6.07) is 13.6. The van der Waals surface area contributed by atoms with E-state index in [-0.39, 0.29) is 5.91 Å². The summed E-state index contributed by atoms with van der Waals surface area (Å²) < 4.78 is 5.43. The summed E-state index contributed by atoms with van der Waals surface area (Å²) in [5.74, 6) is 0.815. The summed E-state index contributed by atoms with van der Waals surface area (Å²) in [5, 5.41) is 3.43. The predicted molar refractivity (Wildman–Crippen MR) is 97.9 cm³/mol. The van der Waals surface area contributed by atoms with Crippen molar-refractivity contribution in [1.29, 1.82) is 0 Å². The van der Waals surface area contributed by atoms with Crippen LogP contribution in [0.1, 0.15) is 18.1 Å². The minimum atomic E-state index is -0.0517. The normalized spacial score (nSPS) is 11.8. The molecule has 1 atom stereocenters. The number of halogens is 1. The molecular formula is C19H24ClN2O2+. The number of rotatable bonds is 7. The lowest BCUT2D eigenvalue weighted by Crippen LogP contribution is -3.08. The number of likely N-dealkylation sites (N-methyl/N-ethyl adjacent to an activating group) is 1. The molecule has 5 heteroatoms. The molecule has 0 heterocycles. The molecule has 4 nitrogen and oxygen atoms in total. The maximum Gasteiger partial charge on any atom is 0.279 e. The summed E-state index contributed by atoms with van der Waals surface area (Å²) in [4.78, 5) is 13.3. The molecule has 0 aliphatic heterocycles. The van der Waals surface area contributed by atoms with Crippen molar-refractivity contribution in [3.05, 3.63) is 58.6 Å². The van der Waals surface area contributed by atoms with Crippen molar-refractivity contribution in [2.45, 2.75) is 20.4 Å². The SMILES string of the molecule is CCOc1ccc(C[NH+](C)CC(=O)Nc2ccc(C)cc2Cl)cc1. The van der Waals surface area contributed by atoms with Gasteiger partial charge in [-0.2, -0.15) is 0 Å². The molecule has 1 unspecified atom stereocenters. The number of hydrogen-bond acceptors (Lipinski definition) is 2. The second-order valence-corrected chi connectivity index (χ2v) is 6.33. The van der Waals surface area contributed by atoms with Gasteiger partial charge in [0.05, 0.1) is 24.4 Å². The van der Waals surface area contributed by atoms with Gasteiger partial charge in [-0.15, -0.1) is 0 Å². The van der Waals surface area contributed by atoms with Crippen LogP contribution in [0.5, 0.6) is 5.75 Å². The molecule has 0 saturated carbocycles. The van der Waals surface area contributed by atoms with Crippen molar-refractivity contribution < 1.29 is 14.4 Å². The molecule has 2 aromatic rings. The lowest BCUT2D eigenvalue weighted by Gasteiger charge is -2.15. The van der Waals surface area contributed by atoms with Crippen LogP contribution >= 0.6 is 11.6 Å². The van der Waals surface area contributed by atoms with E-state index in [9.17, 15) is 4.79 Å². The standard InChI is InChI=1S/C19H23ClN2O2/c1-4-24-16-8-6-15(7-9-16)12-22(3)13-19(23)21-18-10-5-14(2)11-17(18)20/h5-11H,4,12-13H2,1-3H3,(H,21,23)/p+1. The third-order valence-electron chi connectivity index (χ3n) is 3.60. The third-order valence-corrected chi connectivity index (χ3v) is 3.91.